The molecule has 0 unspecified atom stereocenters. The lowest BCUT2D eigenvalue weighted by Crippen LogP contribution is -2.18. The van der Waals surface area contributed by atoms with Crippen LogP contribution in [0.2, 0.25) is 0 Å². The van der Waals surface area contributed by atoms with Crippen LogP contribution in [-0.2, 0) is 0 Å². The van der Waals surface area contributed by atoms with Crippen molar-refractivity contribution in [3.05, 3.63) is 83.2 Å². The van der Waals surface area contributed by atoms with Crippen molar-refractivity contribution in [2.75, 3.05) is 0 Å². The van der Waals surface area contributed by atoms with Crippen molar-refractivity contribution in [3.63, 3.8) is 0 Å². The number of nitrogens with zero attached hydrogens (tertiary/aromatic N) is 2. The highest BCUT2D eigenvalue weighted by atomic mass is 16.3. The molecule has 2 aromatic carbocycles. The van der Waals surface area contributed by atoms with Crippen molar-refractivity contribution in [3.8, 4) is 11.4 Å². The van der Waals surface area contributed by atoms with Gasteiger partial charge in [-0.1, -0.05) is 30.3 Å². The minimum absolute atomic E-state index is 0.154. The summed E-state index contributed by atoms with van der Waals surface area (Å²) in [5, 5.41) is 13.4. The Hall–Kier alpha value is -3.34. The third-order valence-electron chi connectivity index (χ3n) is 3.94. The largest absolute Gasteiger partial charge is 0.508 e. The first kappa shape index (κ1) is 16.5. The number of hydrogen-bond donors (Lipinski definition) is 2. The van der Waals surface area contributed by atoms with Crippen LogP contribution >= 0.6 is 0 Å². The normalized spacial score (nSPS) is 11.0. The van der Waals surface area contributed by atoms with Gasteiger partial charge in [0.25, 0.3) is 5.91 Å². The van der Waals surface area contributed by atoms with E-state index >= 15 is 0 Å². The van der Waals surface area contributed by atoms with Crippen LogP contribution in [0, 0.1) is 13.8 Å². The number of hydrogen-bond acceptors (Lipinski definition) is 3. The molecule has 1 heterocycles. The van der Waals surface area contributed by atoms with E-state index in [0.29, 0.717) is 11.1 Å². The Morgan fingerprint density at radius 1 is 1.08 bits per heavy atom. The molecule has 0 spiro atoms. The van der Waals surface area contributed by atoms with Gasteiger partial charge < -0.3 is 9.67 Å². The van der Waals surface area contributed by atoms with E-state index in [-0.39, 0.29) is 11.7 Å². The number of aromatic hydroxyl groups is 1. The molecule has 126 valence electrons. The van der Waals surface area contributed by atoms with Gasteiger partial charge in [-0.3, -0.25) is 4.79 Å². The fraction of sp³-hybridized carbons (Fsp3) is 0.100. The molecular weight excluding hydrogens is 314 g/mol. The lowest BCUT2D eigenvalue weighted by atomic mass is 10.2. The summed E-state index contributed by atoms with van der Waals surface area (Å²) in [7, 11) is 0. The molecule has 5 heteroatoms. The summed E-state index contributed by atoms with van der Waals surface area (Å²) in [6, 6.07) is 18.4. The Bertz CT molecular complexity index is 927. The quantitative estimate of drug-likeness (QED) is 0.566. The Balaban J connectivity index is 1.79. The molecule has 3 rings (SSSR count). The average Bonchev–Trinajstić information content (AvgIpc) is 2.90. The summed E-state index contributed by atoms with van der Waals surface area (Å²) in [4.78, 5) is 12.4. The maximum atomic E-state index is 12.4. The first-order valence-electron chi connectivity index (χ1n) is 7.93. The van der Waals surface area contributed by atoms with Gasteiger partial charge in [0, 0.05) is 17.1 Å². The monoisotopic (exact) mass is 333 g/mol. The number of para-hydroxylation sites is 1. The zero-order valence-electron chi connectivity index (χ0n) is 14.1. The molecular formula is C20H19N3O2. The van der Waals surface area contributed by atoms with Crippen molar-refractivity contribution >= 4 is 12.1 Å². The number of phenolic OH excluding ortho intramolecular Hbond substituents is 1. The molecule has 0 fully saturated rings. The maximum absolute atomic E-state index is 12.4. The summed E-state index contributed by atoms with van der Waals surface area (Å²) < 4.78 is 2.04. The SMILES string of the molecule is Cc1cc(C(=O)N/N=C/c2cccc(O)c2)c(C)n1-c1ccccc1. The second-order valence-electron chi connectivity index (χ2n) is 5.75. The van der Waals surface area contributed by atoms with E-state index in [1.807, 2.05) is 54.8 Å². The Labute approximate surface area is 146 Å². The molecule has 0 saturated carbocycles. The number of aryl methyl sites for hydroxylation is 1. The van der Waals surface area contributed by atoms with Crippen LogP contribution in [0.15, 0.2) is 65.8 Å². The highest BCUT2D eigenvalue weighted by molar-refractivity contribution is 5.96. The Morgan fingerprint density at radius 2 is 1.84 bits per heavy atom. The number of carbonyl (C=O) groups is 1. The van der Waals surface area contributed by atoms with E-state index in [1.165, 1.54) is 6.21 Å². The smallest absolute Gasteiger partial charge is 0.273 e. The number of benzene rings is 2. The number of nitrogens with one attached hydrogen (secondary N) is 1. The van der Waals surface area contributed by atoms with Crippen molar-refractivity contribution in [1.82, 2.24) is 9.99 Å². The molecule has 0 radical (unpaired) electrons. The van der Waals surface area contributed by atoms with E-state index in [9.17, 15) is 9.90 Å². The van der Waals surface area contributed by atoms with Gasteiger partial charge in [0.1, 0.15) is 5.75 Å². The number of carbonyl (C=O) groups excluding carboxylic acids is 1. The lowest BCUT2D eigenvalue weighted by Gasteiger charge is -2.09. The van der Waals surface area contributed by atoms with E-state index in [0.717, 1.165) is 17.1 Å². The standard InChI is InChI=1S/C20H19N3O2/c1-14-11-19(15(2)23(14)17-8-4-3-5-9-17)20(25)22-21-13-16-7-6-10-18(24)12-16/h3-13,24H,1-2H3,(H,22,25)/b21-13+. The van der Waals surface area contributed by atoms with Crippen molar-refractivity contribution < 1.29 is 9.90 Å². The predicted octanol–water partition coefficient (Wildman–Crippen LogP) is 3.56. The summed E-state index contributed by atoms with van der Waals surface area (Å²) in [6.07, 6.45) is 1.49. The molecule has 0 aliphatic heterocycles. The van der Waals surface area contributed by atoms with Crippen LogP contribution in [0.4, 0.5) is 0 Å². The third-order valence-corrected chi connectivity index (χ3v) is 3.94. The van der Waals surface area contributed by atoms with Crippen LogP contribution in [-0.4, -0.2) is 21.8 Å². The molecule has 0 atom stereocenters. The molecule has 1 aromatic heterocycles. The van der Waals surface area contributed by atoms with Crippen LogP contribution in [0.3, 0.4) is 0 Å². The number of hydrazone groups is 1. The molecule has 5 nitrogen and oxygen atoms in total. The fourth-order valence-corrected chi connectivity index (χ4v) is 2.80. The molecule has 2 N–H and O–H groups in total. The van der Waals surface area contributed by atoms with E-state index < -0.39 is 0 Å². The van der Waals surface area contributed by atoms with Crippen molar-refractivity contribution in [2.24, 2.45) is 5.10 Å². The second-order valence-corrected chi connectivity index (χ2v) is 5.75. The van der Waals surface area contributed by atoms with Gasteiger partial charge in [0.15, 0.2) is 0 Å². The zero-order valence-corrected chi connectivity index (χ0v) is 14.1. The highest BCUT2D eigenvalue weighted by Crippen LogP contribution is 2.20. The molecule has 0 bridgehead atoms. The minimum Gasteiger partial charge on any atom is -0.508 e. The Kier molecular flexibility index (Phi) is 4.66. The molecule has 1 amide bonds. The maximum Gasteiger partial charge on any atom is 0.273 e. The topological polar surface area (TPSA) is 66.6 Å². The van der Waals surface area contributed by atoms with Gasteiger partial charge in [0.2, 0.25) is 0 Å². The number of phenols is 1. The van der Waals surface area contributed by atoms with Gasteiger partial charge in [-0.2, -0.15) is 5.10 Å². The van der Waals surface area contributed by atoms with E-state index in [2.05, 4.69) is 10.5 Å². The first-order chi connectivity index (χ1) is 12.1. The zero-order chi connectivity index (χ0) is 17.8. The van der Waals surface area contributed by atoms with E-state index in [4.69, 9.17) is 0 Å². The van der Waals surface area contributed by atoms with Gasteiger partial charge >= 0.3 is 0 Å². The fourth-order valence-electron chi connectivity index (χ4n) is 2.80. The average molecular weight is 333 g/mol. The Morgan fingerprint density at radius 3 is 2.56 bits per heavy atom. The van der Waals surface area contributed by atoms with Gasteiger partial charge in [0.05, 0.1) is 11.8 Å². The van der Waals surface area contributed by atoms with Crippen LogP contribution in [0.25, 0.3) is 5.69 Å². The van der Waals surface area contributed by atoms with Crippen molar-refractivity contribution in [1.29, 1.82) is 0 Å². The molecule has 3 aromatic rings. The van der Waals surface area contributed by atoms with Gasteiger partial charge in [-0.05, 0) is 49.7 Å². The van der Waals surface area contributed by atoms with E-state index in [1.54, 1.807) is 24.3 Å². The van der Waals surface area contributed by atoms with Gasteiger partial charge in [-0.25, -0.2) is 5.43 Å². The first-order valence-corrected chi connectivity index (χ1v) is 7.93. The molecule has 0 saturated heterocycles. The van der Waals surface area contributed by atoms with Crippen molar-refractivity contribution in [2.45, 2.75) is 13.8 Å². The number of rotatable bonds is 4. The lowest BCUT2D eigenvalue weighted by molar-refractivity contribution is 0.0954. The molecule has 0 aliphatic carbocycles. The summed E-state index contributed by atoms with van der Waals surface area (Å²) >= 11 is 0. The predicted molar refractivity (Wildman–Crippen MR) is 98.4 cm³/mol. The summed E-state index contributed by atoms with van der Waals surface area (Å²) in [5.74, 6) is -0.117. The van der Waals surface area contributed by atoms with Crippen LogP contribution < -0.4 is 5.43 Å². The number of amides is 1. The summed E-state index contributed by atoms with van der Waals surface area (Å²) in [5.41, 5.74) is 6.66. The third kappa shape index (κ3) is 3.61. The minimum atomic E-state index is -0.272. The summed E-state index contributed by atoms with van der Waals surface area (Å²) in [6.45, 7) is 3.88. The van der Waals surface area contributed by atoms with Gasteiger partial charge in [-0.15, -0.1) is 0 Å². The molecule has 25 heavy (non-hydrogen) atoms. The number of aromatic nitrogens is 1. The second kappa shape index (κ2) is 7.05. The molecule has 0 aliphatic rings. The highest BCUT2D eigenvalue weighted by Gasteiger charge is 2.16. The van der Waals surface area contributed by atoms with Crippen LogP contribution in [0.5, 0.6) is 5.75 Å². The van der Waals surface area contributed by atoms with Crippen LogP contribution in [0.1, 0.15) is 27.3 Å².